The first-order valence-electron chi connectivity index (χ1n) is 8.93. The highest BCUT2D eigenvalue weighted by atomic mass is 32.1. The van der Waals surface area contributed by atoms with Gasteiger partial charge in [0.15, 0.2) is 0 Å². The van der Waals surface area contributed by atoms with E-state index >= 15 is 0 Å². The lowest BCUT2D eigenvalue weighted by Gasteiger charge is -2.02. The number of fused-ring (bicyclic) bond motifs is 1. The Kier molecular flexibility index (Phi) is 4.82. The molecule has 0 aliphatic carbocycles. The van der Waals surface area contributed by atoms with Crippen molar-refractivity contribution < 1.29 is 0 Å². The van der Waals surface area contributed by atoms with Crippen LogP contribution in [0.2, 0.25) is 0 Å². The highest BCUT2D eigenvalue weighted by Crippen LogP contribution is 2.29. The third kappa shape index (κ3) is 3.53. The molecule has 2 nitrogen and oxygen atoms in total. The van der Waals surface area contributed by atoms with Crippen LogP contribution in [0.15, 0.2) is 72.1 Å². The highest BCUT2D eigenvalue weighted by molar-refractivity contribution is 7.11. The van der Waals surface area contributed by atoms with Gasteiger partial charge in [-0.15, -0.1) is 11.3 Å². The molecule has 0 N–H and O–H groups in total. The van der Waals surface area contributed by atoms with Crippen LogP contribution in [-0.4, -0.2) is 4.98 Å². The zero-order valence-corrected chi connectivity index (χ0v) is 15.8. The number of nitrogens with zero attached hydrogens (tertiary/aromatic N) is 2. The highest BCUT2D eigenvalue weighted by Gasteiger charge is 2.10. The number of nitriles is 1. The van der Waals surface area contributed by atoms with E-state index in [1.807, 2.05) is 35.7 Å². The van der Waals surface area contributed by atoms with Crippen LogP contribution < -0.4 is 0 Å². The fourth-order valence-electron chi connectivity index (χ4n) is 3.11. The molecule has 27 heavy (non-hydrogen) atoms. The van der Waals surface area contributed by atoms with E-state index in [9.17, 15) is 5.26 Å². The second-order valence-electron chi connectivity index (χ2n) is 6.33. The fourth-order valence-corrected chi connectivity index (χ4v) is 3.91. The predicted molar refractivity (Wildman–Crippen MR) is 114 cm³/mol. The molecule has 0 fully saturated rings. The zero-order chi connectivity index (χ0) is 18.6. The Balaban J connectivity index is 1.72. The van der Waals surface area contributed by atoms with Crippen molar-refractivity contribution in [1.82, 2.24) is 4.98 Å². The molecule has 0 bridgehead atoms. The molecule has 0 unspecified atom stereocenters. The zero-order valence-electron chi connectivity index (χ0n) is 15.0. The molecule has 4 rings (SSSR count). The summed E-state index contributed by atoms with van der Waals surface area (Å²) in [5.41, 5.74) is 4.93. The van der Waals surface area contributed by atoms with Gasteiger partial charge in [0, 0.05) is 10.9 Å². The van der Waals surface area contributed by atoms with Gasteiger partial charge in [0.25, 0.3) is 0 Å². The standard InChI is InChI=1S/C24H18N2S/c1-2-17-10-12-19(13-11-17)23-16-27-24(26-23)21(15-25)14-20-8-5-7-18-6-3-4-9-22(18)20/h3-14,16H,2H2,1H3. The van der Waals surface area contributed by atoms with E-state index in [1.54, 1.807) is 0 Å². The number of allylic oxidation sites excluding steroid dienone is 1. The van der Waals surface area contributed by atoms with Gasteiger partial charge in [0.1, 0.15) is 11.1 Å². The Morgan fingerprint density at radius 3 is 2.59 bits per heavy atom. The average Bonchev–Trinajstić information content (AvgIpc) is 3.22. The molecule has 1 aromatic heterocycles. The Labute approximate surface area is 163 Å². The minimum atomic E-state index is 0.591. The minimum Gasteiger partial charge on any atom is -0.235 e. The Bertz CT molecular complexity index is 1160. The SMILES string of the molecule is CCc1ccc(-c2csc(C(C#N)=Cc3cccc4ccccc34)n2)cc1. The number of thiazole rings is 1. The quantitative estimate of drug-likeness (QED) is 0.382. The molecular formula is C24H18N2S. The molecule has 0 aliphatic rings. The molecule has 0 saturated carbocycles. The van der Waals surface area contributed by atoms with E-state index in [0.29, 0.717) is 5.57 Å². The monoisotopic (exact) mass is 366 g/mol. The van der Waals surface area contributed by atoms with Crippen LogP contribution in [0.3, 0.4) is 0 Å². The van der Waals surface area contributed by atoms with Crippen LogP contribution in [0.4, 0.5) is 0 Å². The van der Waals surface area contributed by atoms with Crippen molar-refractivity contribution in [3.8, 4) is 17.3 Å². The van der Waals surface area contributed by atoms with E-state index < -0.39 is 0 Å². The number of hydrogen-bond acceptors (Lipinski definition) is 3. The Morgan fingerprint density at radius 2 is 1.81 bits per heavy atom. The van der Waals surface area contributed by atoms with Crippen molar-refractivity contribution in [1.29, 1.82) is 5.26 Å². The van der Waals surface area contributed by atoms with Crippen molar-refractivity contribution in [2.24, 2.45) is 0 Å². The van der Waals surface area contributed by atoms with E-state index in [-0.39, 0.29) is 0 Å². The predicted octanol–water partition coefficient (Wildman–Crippen LogP) is 6.59. The van der Waals surface area contributed by atoms with Crippen molar-refractivity contribution >= 4 is 33.8 Å². The smallest absolute Gasteiger partial charge is 0.134 e. The number of rotatable bonds is 4. The van der Waals surface area contributed by atoms with Gasteiger partial charge in [-0.05, 0) is 34.4 Å². The van der Waals surface area contributed by atoms with E-state index in [0.717, 1.165) is 33.6 Å². The lowest BCUT2D eigenvalue weighted by atomic mass is 10.0. The Hall–Kier alpha value is -3.22. The second-order valence-corrected chi connectivity index (χ2v) is 7.18. The van der Waals surface area contributed by atoms with Gasteiger partial charge in [-0.1, -0.05) is 73.7 Å². The maximum absolute atomic E-state index is 9.71. The largest absolute Gasteiger partial charge is 0.235 e. The molecular weight excluding hydrogens is 348 g/mol. The molecule has 0 radical (unpaired) electrons. The maximum Gasteiger partial charge on any atom is 0.134 e. The first-order chi connectivity index (χ1) is 13.3. The summed E-state index contributed by atoms with van der Waals surface area (Å²) >= 11 is 1.51. The normalized spacial score (nSPS) is 11.5. The van der Waals surface area contributed by atoms with Crippen LogP contribution in [0, 0.1) is 11.3 Å². The van der Waals surface area contributed by atoms with Gasteiger partial charge >= 0.3 is 0 Å². The lowest BCUT2D eigenvalue weighted by Crippen LogP contribution is -1.85. The molecule has 0 spiro atoms. The summed E-state index contributed by atoms with van der Waals surface area (Å²) in [5.74, 6) is 0. The first kappa shape index (κ1) is 17.2. The average molecular weight is 366 g/mol. The molecule has 130 valence electrons. The van der Waals surface area contributed by atoms with Crippen LogP contribution in [0.25, 0.3) is 33.7 Å². The van der Waals surface area contributed by atoms with Crippen LogP contribution in [0.5, 0.6) is 0 Å². The van der Waals surface area contributed by atoms with Crippen molar-refractivity contribution in [2.45, 2.75) is 13.3 Å². The molecule has 3 heteroatoms. The molecule has 0 aliphatic heterocycles. The van der Waals surface area contributed by atoms with E-state index in [2.05, 4.69) is 55.5 Å². The first-order valence-corrected chi connectivity index (χ1v) is 9.81. The fraction of sp³-hybridized carbons (Fsp3) is 0.0833. The van der Waals surface area contributed by atoms with Gasteiger partial charge in [0.2, 0.25) is 0 Å². The summed E-state index contributed by atoms with van der Waals surface area (Å²) in [6.45, 7) is 2.15. The summed E-state index contributed by atoms with van der Waals surface area (Å²) in [5, 5.41) is 14.8. The molecule has 0 amide bonds. The van der Waals surface area contributed by atoms with Crippen LogP contribution in [0.1, 0.15) is 23.1 Å². The third-order valence-corrected chi connectivity index (χ3v) is 5.51. The topological polar surface area (TPSA) is 36.7 Å². The van der Waals surface area contributed by atoms with Crippen molar-refractivity contribution in [2.75, 3.05) is 0 Å². The maximum atomic E-state index is 9.71. The summed E-state index contributed by atoms with van der Waals surface area (Å²) in [7, 11) is 0. The number of aromatic nitrogens is 1. The van der Waals surface area contributed by atoms with Crippen LogP contribution >= 0.6 is 11.3 Å². The lowest BCUT2D eigenvalue weighted by molar-refractivity contribution is 1.14. The molecule has 3 aromatic carbocycles. The Morgan fingerprint density at radius 1 is 1.04 bits per heavy atom. The van der Waals surface area contributed by atoms with Crippen LogP contribution in [-0.2, 0) is 6.42 Å². The summed E-state index contributed by atoms with van der Waals surface area (Å²) in [6, 6.07) is 25.1. The van der Waals surface area contributed by atoms with E-state index in [4.69, 9.17) is 4.98 Å². The molecule has 1 heterocycles. The van der Waals surface area contributed by atoms with Gasteiger partial charge < -0.3 is 0 Å². The third-order valence-electron chi connectivity index (χ3n) is 4.64. The van der Waals surface area contributed by atoms with Crippen molar-refractivity contribution in [3.05, 3.63) is 88.2 Å². The number of hydrogen-bond donors (Lipinski definition) is 0. The number of aryl methyl sites for hydroxylation is 1. The minimum absolute atomic E-state index is 0.591. The summed E-state index contributed by atoms with van der Waals surface area (Å²) in [4.78, 5) is 4.71. The van der Waals surface area contributed by atoms with Gasteiger partial charge in [0.05, 0.1) is 11.3 Å². The molecule has 0 atom stereocenters. The van der Waals surface area contributed by atoms with E-state index in [1.165, 1.54) is 22.3 Å². The second kappa shape index (κ2) is 7.57. The van der Waals surface area contributed by atoms with Gasteiger partial charge in [-0.25, -0.2) is 4.98 Å². The summed E-state index contributed by atoms with van der Waals surface area (Å²) < 4.78 is 0. The summed E-state index contributed by atoms with van der Waals surface area (Å²) in [6.07, 6.45) is 2.96. The number of benzene rings is 3. The molecule has 0 saturated heterocycles. The van der Waals surface area contributed by atoms with Crippen molar-refractivity contribution in [3.63, 3.8) is 0 Å². The van der Waals surface area contributed by atoms with Gasteiger partial charge in [-0.3, -0.25) is 0 Å². The van der Waals surface area contributed by atoms with Gasteiger partial charge in [-0.2, -0.15) is 5.26 Å². The molecule has 4 aromatic rings.